The van der Waals surface area contributed by atoms with Crippen molar-refractivity contribution in [1.82, 2.24) is 14.7 Å². The Morgan fingerprint density at radius 3 is 2.54 bits per heavy atom. The molecule has 142 valence electrons. The van der Waals surface area contributed by atoms with Crippen LogP contribution in [0.2, 0.25) is 0 Å². The van der Waals surface area contributed by atoms with Gasteiger partial charge in [0.2, 0.25) is 11.8 Å². The van der Waals surface area contributed by atoms with Crippen LogP contribution < -0.4 is 4.74 Å². The molecule has 1 aromatic carbocycles. The van der Waals surface area contributed by atoms with Gasteiger partial charge in [-0.25, -0.2) is 0 Å². The molecule has 0 radical (unpaired) electrons. The molecule has 0 unspecified atom stereocenters. The predicted octanol–water partition coefficient (Wildman–Crippen LogP) is 1.18. The summed E-state index contributed by atoms with van der Waals surface area (Å²) < 4.78 is 5.52. The molecule has 3 rings (SSSR count). The molecule has 0 aliphatic carbocycles. The summed E-state index contributed by atoms with van der Waals surface area (Å²) in [6.07, 6.45) is 1.36. The molecule has 0 bridgehead atoms. The van der Waals surface area contributed by atoms with Crippen LogP contribution in [0.5, 0.6) is 5.75 Å². The minimum absolute atomic E-state index is 0.165. The number of nitrogens with zero attached hydrogens (tertiary/aromatic N) is 3. The third-order valence-electron chi connectivity index (χ3n) is 5.31. The van der Waals surface area contributed by atoms with Crippen molar-refractivity contribution in [3.63, 3.8) is 0 Å². The van der Waals surface area contributed by atoms with Crippen LogP contribution in [0.25, 0.3) is 0 Å². The second kappa shape index (κ2) is 8.54. The molecule has 1 aromatic rings. The van der Waals surface area contributed by atoms with Crippen LogP contribution >= 0.6 is 0 Å². The Morgan fingerprint density at radius 1 is 1.12 bits per heavy atom. The summed E-state index contributed by atoms with van der Waals surface area (Å²) in [6, 6.07) is 6.06. The molecule has 6 heteroatoms. The van der Waals surface area contributed by atoms with Gasteiger partial charge in [0, 0.05) is 45.7 Å². The Bertz CT molecular complexity index is 650. The van der Waals surface area contributed by atoms with E-state index in [1.165, 1.54) is 5.56 Å². The van der Waals surface area contributed by atoms with Crippen LogP contribution in [0.3, 0.4) is 0 Å². The maximum atomic E-state index is 12.6. The van der Waals surface area contributed by atoms with Crippen LogP contribution in [0, 0.1) is 0 Å². The summed E-state index contributed by atoms with van der Waals surface area (Å²) in [6.45, 7) is 9.60. The zero-order valence-electron chi connectivity index (χ0n) is 15.9. The number of hydrogen-bond acceptors (Lipinski definition) is 4. The molecule has 0 N–H and O–H groups in total. The average molecular weight is 359 g/mol. The fourth-order valence-electron chi connectivity index (χ4n) is 3.66. The molecule has 6 nitrogen and oxygen atoms in total. The van der Waals surface area contributed by atoms with Crippen molar-refractivity contribution in [2.24, 2.45) is 0 Å². The van der Waals surface area contributed by atoms with Crippen molar-refractivity contribution in [2.45, 2.75) is 26.7 Å². The fourth-order valence-corrected chi connectivity index (χ4v) is 3.66. The van der Waals surface area contributed by atoms with Crippen LogP contribution in [0.1, 0.15) is 25.0 Å². The zero-order chi connectivity index (χ0) is 18.5. The van der Waals surface area contributed by atoms with E-state index in [9.17, 15) is 9.59 Å². The first-order chi connectivity index (χ1) is 12.6. The molecule has 1 fully saturated rings. The molecule has 0 spiro atoms. The highest BCUT2D eigenvalue weighted by atomic mass is 16.5. The maximum absolute atomic E-state index is 12.6. The standard InChI is InChI=1S/C20H29N3O3/c1-3-22(4-2)20(25)15-21-8-10-23(11-9-21)19(24)14-16-5-6-18-17(13-16)7-12-26-18/h5-6,13H,3-4,7-12,14-15H2,1-2H3. The first kappa shape index (κ1) is 18.7. The van der Waals surface area contributed by atoms with E-state index in [1.807, 2.05) is 35.8 Å². The zero-order valence-corrected chi connectivity index (χ0v) is 15.9. The first-order valence-corrected chi connectivity index (χ1v) is 9.63. The SMILES string of the molecule is CCN(CC)C(=O)CN1CCN(C(=O)Cc2ccc3c(c2)CCO3)CC1. The van der Waals surface area contributed by atoms with E-state index in [4.69, 9.17) is 4.74 Å². The molecule has 0 atom stereocenters. The van der Waals surface area contributed by atoms with E-state index in [1.54, 1.807) is 0 Å². The number of carbonyl (C=O) groups is 2. The van der Waals surface area contributed by atoms with Gasteiger partial charge >= 0.3 is 0 Å². The monoisotopic (exact) mass is 359 g/mol. The lowest BCUT2D eigenvalue weighted by Gasteiger charge is -2.35. The number of benzene rings is 1. The quantitative estimate of drug-likeness (QED) is 0.765. The molecular formula is C20H29N3O3. The van der Waals surface area contributed by atoms with E-state index >= 15 is 0 Å². The third kappa shape index (κ3) is 4.36. The minimum atomic E-state index is 0.165. The van der Waals surface area contributed by atoms with E-state index in [-0.39, 0.29) is 11.8 Å². The van der Waals surface area contributed by atoms with Crippen molar-refractivity contribution in [2.75, 3.05) is 52.4 Å². The van der Waals surface area contributed by atoms with Crippen LogP contribution in [-0.2, 0) is 22.4 Å². The van der Waals surface area contributed by atoms with Gasteiger partial charge in [-0.3, -0.25) is 14.5 Å². The lowest BCUT2D eigenvalue weighted by Crippen LogP contribution is -2.51. The predicted molar refractivity (Wildman–Crippen MR) is 100 cm³/mol. The van der Waals surface area contributed by atoms with Crippen LogP contribution in [0.15, 0.2) is 18.2 Å². The number of fused-ring (bicyclic) bond motifs is 1. The van der Waals surface area contributed by atoms with Crippen LogP contribution in [-0.4, -0.2) is 78.9 Å². The molecule has 26 heavy (non-hydrogen) atoms. The Hall–Kier alpha value is -2.08. The number of ether oxygens (including phenoxy) is 1. The summed E-state index contributed by atoms with van der Waals surface area (Å²) in [7, 11) is 0. The Morgan fingerprint density at radius 2 is 1.85 bits per heavy atom. The van der Waals surface area contributed by atoms with Crippen molar-refractivity contribution >= 4 is 11.8 Å². The van der Waals surface area contributed by atoms with E-state index < -0.39 is 0 Å². The molecule has 0 saturated carbocycles. The number of carbonyl (C=O) groups excluding carboxylic acids is 2. The van der Waals surface area contributed by atoms with E-state index in [2.05, 4.69) is 11.0 Å². The second-order valence-electron chi connectivity index (χ2n) is 6.94. The second-order valence-corrected chi connectivity index (χ2v) is 6.94. The first-order valence-electron chi connectivity index (χ1n) is 9.63. The number of piperazine rings is 1. The average Bonchev–Trinajstić information content (AvgIpc) is 3.11. The molecule has 2 aliphatic heterocycles. The molecule has 2 amide bonds. The largest absolute Gasteiger partial charge is 0.493 e. The Balaban J connectivity index is 1.47. The molecule has 2 aliphatic rings. The highest BCUT2D eigenvalue weighted by Crippen LogP contribution is 2.26. The molecular weight excluding hydrogens is 330 g/mol. The normalized spacial score (nSPS) is 16.9. The van der Waals surface area contributed by atoms with Gasteiger partial charge in [0.05, 0.1) is 19.6 Å². The van der Waals surface area contributed by atoms with Crippen molar-refractivity contribution in [3.05, 3.63) is 29.3 Å². The molecule has 2 heterocycles. The van der Waals surface area contributed by atoms with Crippen LogP contribution in [0.4, 0.5) is 0 Å². The van der Waals surface area contributed by atoms with Crippen molar-refractivity contribution in [1.29, 1.82) is 0 Å². The van der Waals surface area contributed by atoms with E-state index in [0.717, 1.165) is 50.5 Å². The maximum Gasteiger partial charge on any atom is 0.236 e. The lowest BCUT2D eigenvalue weighted by molar-refractivity contribution is -0.134. The third-order valence-corrected chi connectivity index (χ3v) is 5.31. The Labute approximate surface area is 155 Å². The highest BCUT2D eigenvalue weighted by Gasteiger charge is 2.24. The lowest BCUT2D eigenvalue weighted by atomic mass is 10.1. The van der Waals surface area contributed by atoms with Gasteiger partial charge in [-0.15, -0.1) is 0 Å². The highest BCUT2D eigenvalue weighted by molar-refractivity contribution is 5.79. The number of hydrogen-bond donors (Lipinski definition) is 0. The van der Waals surface area contributed by atoms with Crippen molar-refractivity contribution < 1.29 is 14.3 Å². The summed E-state index contributed by atoms with van der Waals surface area (Å²) in [4.78, 5) is 30.7. The topological polar surface area (TPSA) is 53.1 Å². The summed E-state index contributed by atoms with van der Waals surface area (Å²) in [5, 5.41) is 0. The summed E-state index contributed by atoms with van der Waals surface area (Å²) in [5.74, 6) is 1.29. The van der Waals surface area contributed by atoms with Gasteiger partial charge in [0.15, 0.2) is 0 Å². The summed E-state index contributed by atoms with van der Waals surface area (Å²) >= 11 is 0. The number of rotatable bonds is 6. The fraction of sp³-hybridized carbons (Fsp3) is 0.600. The van der Waals surface area contributed by atoms with Gasteiger partial charge in [-0.1, -0.05) is 12.1 Å². The minimum Gasteiger partial charge on any atom is -0.493 e. The van der Waals surface area contributed by atoms with Gasteiger partial charge < -0.3 is 14.5 Å². The van der Waals surface area contributed by atoms with E-state index in [0.29, 0.717) is 26.1 Å². The van der Waals surface area contributed by atoms with Gasteiger partial charge in [0.25, 0.3) is 0 Å². The molecule has 1 saturated heterocycles. The molecule has 0 aromatic heterocycles. The smallest absolute Gasteiger partial charge is 0.236 e. The number of amides is 2. The van der Waals surface area contributed by atoms with Gasteiger partial charge in [0.1, 0.15) is 5.75 Å². The van der Waals surface area contributed by atoms with Crippen molar-refractivity contribution in [3.8, 4) is 5.75 Å². The summed E-state index contributed by atoms with van der Waals surface area (Å²) in [5.41, 5.74) is 2.26. The number of likely N-dealkylation sites (N-methyl/N-ethyl adjacent to an activating group) is 1. The van der Waals surface area contributed by atoms with Gasteiger partial charge in [-0.05, 0) is 31.0 Å². The van der Waals surface area contributed by atoms with Gasteiger partial charge in [-0.2, -0.15) is 0 Å². The Kier molecular flexibility index (Phi) is 6.14.